The van der Waals surface area contributed by atoms with Gasteiger partial charge in [-0.15, -0.1) is 0 Å². The number of piperidine rings is 1. The van der Waals surface area contributed by atoms with Crippen molar-refractivity contribution in [2.45, 2.75) is 36.8 Å². The maximum Gasteiger partial charge on any atom is 0.173 e. The Morgan fingerprint density at radius 1 is 1.27 bits per heavy atom. The van der Waals surface area contributed by atoms with E-state index in [0.717, 1.165) is 0 Å². The van der Waals surface area contributed by atoms with Crippen LogP contribution >= 0.6 is 0 Å². The first-order valence-electron chi connectivity index (χ1n) is 4.68. The molecule has 1 heterocycles. The fourth-order valence-electron chi connectivity index (χ4n) is 4.10. The zero-order chi connectivity index (χ0) is 7.74. The topological polar surface area (TPSA) is 0 Å². The van der Waals surface area contributed by atoms with Gasteiger partial charge in [-0.2, -0.15) is 0 Å². The first-order valence-corrected chi connectivity index (χ1v) is 4.68. The Morgan fingerprint density at radius 3 is 2.73 bits per heavy atom. The van der Waals surface area contributed by atoms with E-state index in [1.807, 2.05) is 0 Å². The van der Waals surface area contributed by atoms with Crippen molar-refractivity contribution >= 4 is 0 Å². The van der Waals surface area contributed by atoms with Gasteiger partial charge in [-0.25, -0.2) is 0 Å². The zero-order valence-corrected chi connectivity index (χ0v) is 7.43. The van der Waals surface area contributed by atoms with Crippen LogP contribution in [0.15, 0.2) is 12.2 Å². The third-order valence-corrected chi connectivity index (χ3v) is 4.82. The molecule has 1 nitrogen and oxygen atoms in total. The van der Waals surface area contributed by atoms with Gasteiger partial charge >= 0.3 is 0 Å². The summed E-state index contributed by atoms with van der Waals surface area (Å²) >= 11 is 0. The highest BCUT2D eigenvalue weighted by Crippen LogP contribution is 2.71. The molecule has 2 unspecified atom stereocenters. The van der Waals surface area contributed by atoms with Crippen LogP contribution in [-0.2, 0) is 0 Å². The predicted octanol–water partition coefficient (Wildman–Crippen LogP) is 1.70. The van der Waals surface area contributed by atoms with Gasteiger partial charge in [0.05, 0.1) is 14.1 Å². The lowest BCUT2D eigenvalue weighted by atomic mass is 10.0. The molecule has 2 fully saturated rings. The molecular formula is C10H16N+. The number of likely N-dealkylation sites (tertiary alicyclic amines) is 1. The smallest absolute Gasteiger partial charge is 0.173 e. The van der Waals surface area contributed by atoms with E-state index in [0.29, 0.717) is 11.1 Å². The molecule has 2 atom stereocenters. The first-order chi connectivity index (χ1) is 5.16. The SMILES string of the molecule is C[N+]1(C)C23C=CCC21CCC3. The van der Waals surface area contributed by atoms with Crippen LogP contribution in [0, 0.1) is 0 Å². The number of quaternary nitrogens is 1. The monoisotopic (exact) mass is 150 g/mol. The van der Waals surface area contributed by atoms with E-state index in [9.17, 15) is 0 Å². The Labute approximate surface area is 68.3 Å². The van der Waals surface area contributed by atoms with Crippen LogP contribution in [0.25, 0.3) is 0 Å². The van der Waals surface area contributed by atoms with E-state index in [1.54, 1.807) is 0 Å². The summed E-state index contributed by atoms with van der Waals surface area (Å²) in [6, 6.07) is 0. The second kappa shape index (κ2) is 1.31. The average molecular weight is 150 g/mol. The number of hydrogen-bond acceptors (Lipinski definition) is 0. The summed E-state index contributed by atoms with van der Waals surface area (Å²) in [4.78, 5) is 0. The Balaban J connectivity index is 2.17. The van der Waals surface area contributed by atoms with E-state index in [4.69, 9.17) is 0 Å². The predicted molar refractivity (Wildman–Crippen MR) is 45.2 cm³/mol. The molecule has 2 aliphatic carbocycles. The molecule has 3 rings (SSSR count). The highest BCUT2D eigenvalue weighted by atomic mass is 15.6. The molecule has 1 aliphatic heterocycles. The largest absolute Gasteiger partial charge is 0.305 e. The van der Waals surface area contributed by atoms with E-state index in [1.165, 1.54) is 30.2 Å². The van der Waals surface area contributed by atoms with Crippen molar-refractivity contribution in [1.82, 2.24) is 0 Å². The lowest BCUT2D eigenvalue weighted by Crippen LogP contribution is -2.31. The summed E-state index contributed by atoms with van der Waals surface area (Å²) in [5, 5.41) is 0. The van der Waals surface area contributed by atoms with Gasteiger partial charge in [-0.3, -0.25) is 0 Å². The van der Waals surface area contributed by atoms with Gasteiger partial charge in [0, 0.05) is 19.3 Å². The maximum atomic E-state index is 2.50. The minimum absolute atomic E-state index is 0.604. The summed E-state index contributed by atoms with van der Waals surface area (Å²) in [5.41, 5.74) is 1.28. The van der Waals surface area contributed by atoms with Crippen molar-refractivity contribution in [3.8, 4) is 0 Å². The van der Waals surface area contributed by atoms with E-state index in [-0.39, 0.29) is 0 Å². The zero-order valence-electron chi connectivity index (χ0n) is 7.43. The molecule has 60 valence electrons. The molecule has 3 aliphatic rings. The Hall–Kier alpha value is -0.300. The van der Waals surface area contributed by atoms with Crippen molar-refractivity contribution in [3.63, 3.8) is 0 Å². The van der Waals surface area contributed by atoms with Gasteiger partial charge in [0.25, 0.3) is 0 Å². The quantitative estimate of drug-likeness (QED) is 0.280. The van der Waals surface area contributed by atoms with Crippen LogP contribution in [-0.4, -0.2) is 29.7 Å². The fraction of sp³-hybridized carbons (Fsp3) is 0.800. The van der Waals surface area contributed by atoms with Gasteiger partial charge in [0.1, 0.15) is 0 Å². The molecule has 0 spiro atoms. The molecule has 0 radical (unpaired) electrons. The van der Waals surface area contributed by atoms with Crippen molar-refractivity contribution in [3.05, 3.63) is 12.2 Å². The molecule has 1 heteroatoms. The molecule has 0 N–H and O–H groups in total. The standard InChI is InChI=1S/C10H16N/c1-11(2)9-5-3-6-10(9,11)8-4-7-9/h3,5H,4,6-8H2,1-2H3/q+1. The average Bonchev–Trinajstić information content (AvgIpc) is 2.32. The van der Waals surface area contributed by atoms with Crippen LogP contribution < -0.4 is 0 Å². The summed E-state index contributed by atoms with van der Waals surface area (Å²) in [6.07, 6.45) is 10.6. The van der Waals surface area contributed by atoms with E-state index in [2.05, 4.69) is 26.2 Å². The van der Waals surface area contributed by atoms with Crippen molar-refractivity contribution < 1.29 is 4.48 Å². The van der Waals surface area contributed by atoms with Gasteiger partial charge < -0.3 is 4.48 Å². The highest BCUT2D eigenvalue weighted by molar-refractivity contribution is 5.35. The van der Waals surface area contributed by atoms with Crippen molar-refractivity contribution in [2.75, 3.05) is 14.1 Å². The van der Waals surface area contributed by atoms with Gasteiger partial charge in [-0.1, -0.05) is 6.08 Å². The summed E-state index contributed by atoms with van der Waals surface area (Å²) < 4.78 is 1.29. The van der Waals surface area contributed by atoms with Crippen LogP contribution in [0.5, 0.6) is 0 Å². The molecule has 11 heavy (non-hydrogen) atoms. The lowest BCUT2D eigenvalue weighted by molar-refractivity contribution is -0.814. The Bertz CT molecular complexity index is 254. The first kappa shape index (κ1) is 6.24. The van der Waals surface area contributed by atoms with Crippen molar-refractivity contribution in [2.24, 2.45) is 0 Å². The number of hydrogen-bond donors (Lipinski definition) is 0. The third-order valence-electron chi connectivity index (χ3n) is 4.82. The second-order valence-corrected chi connectivity index (χ2v) is 4.87. The third kappa shape index (κ3) is 0.347. The molecule has 1 saturated heterocycles. The highest BCUT2D eigenvalue weighted by Gasteiger charge is 2.87. The number of nitrogens with zero attached hydrogens (tertiary/aromatic N) is 1. The van der Waals surface area contributed by atoms with Gasteiger partial charge in [-0.05, 0) is 12.5 Å². The van der Waals surface area contributed by atoms with Gasteiger partial charge in [0.2, 0.25) is 0 Å². The molecule has 0 aromatic carbocycles. The second-order valence-electron chi connectivity index (χ2n) is 4.87. The molecule has 0 aromatic heterocycles. The number of rotatable bonds is 0. The lowest BCUT2D eigenvalue weighted by Gasteiger charge is -2.21. The van der Waals surface area contributed by atoms with Gasteiger partial charge in [0.15, 0.2) is 11.1 Å². The normalized spacial score (nSPS) is 55.8. The molecule has 0 bridgehead atoms. The minimum atomic E-state index is 0.604. The van der Waals surface area contributed by atoms with Crippen molar-refractivity contribution in [1.29, 1.82) is 0 Å². The molecule has 0 amide bonds. The minimum Gasteiger partial charge on any atom is -0.305 e. The summed E-state index contributed by atoms with van der Waals surface area (Å²) in [6.45, 7) is 0. The van der Waals surface area contributed by atoms with E-state index >= 15 is 0 Å². The van der Waals surface area contributed by atoms with E-state index < -0.39 is 0 Å². The molecule has 1 saturated carbocycles. The number of likely N-dealkylation sites (N-methyl/N-ethyl adjacent to an activating group) is 1. The van der Waals surface area contributed by atoms with Crippen LogP contribution in [0.4, 0.5) is 0 Å². The van der Waals surface area contributed by atoms with Crippen LogP contribution in [0.1, 0.15) is 25.7 Å². The Morgan fingerprint density at radius 2 is 2.09 bits per heavy atom. The Kier molecular flexibility index (Phi) is 0.742. The fourth-order valence-corrected chi connectivity index (χ4v) is 4.10. The molecular weight excluding hydrogens is 134 g/mol. The van der Waals surface area contributed by atoms with Crippen LogP contribution in [0.2, 0.25) is 0 Å². The summed E-state index contributed by atoms with van der Waals surface area (Å²) in [5.74, 6) is 0. The molecule has 0 aromatic rings. The van der Waals surface area contributed by atoms with Crippen LogP contribution in [0.3, 0.4) is 0 Å². The summed E-state index contributed by atoms with van der Waals surface area (Å²) in [7, 11) is 4.81. The maximum absolute atomic E-state index is 2.50.